The Morgan fingerprint density at radius 2 is 2.07 bits per heavy atom. The van der Waals surface area contributed by atoms with Gasteiger partial charge in [-0.05, 0) is 37.5 Å². The number of hydrogen-bond acceptors (Lipinski definition) is 2. The molecular weight excluding hydrogens is 184 g/mol. The van der Waals surface area contributed by atoms with Crippen LogP contribution in [0.15, 0.2) is 18.2 Å². The quantitative estimate of drug-likeness (QED) is 0.448. The van der Waals surface area contributed by atoms with E-state index >= 15 is 0 Å². The van der Waals surface area contributed by atoms with Crippen molar-refractivity contribution >= 4 is 0 Å². The Balaban J connectivity index is 2.90. The van der Waals surface area contributed by atoms with E-state index in [-0.39, 0.29) is 6.04 Å². The number of hydrogen-bond donors (Lipinski definition) is 2. The first-order valence-electron chi connectivity index (χ1n) is 5.12. The number of benzene rings is 1. The molecular formula is C13H18N2. The molecule has 1 aromatic rings. The van der Waals surface area contributed by atoms with Crippen LogP contribution >= 0.6 is 0 Å². The summed E-state index contributed by atoms with van der Waals surface area (Å²) < 4.78 is 0. The second kappa shape index (κ2) is 5.55. The van der Waals surface area contributed by atoms with Crippen molar-refractivity contribution < 1.29 is 0 Å². The van der Waals surface area contributed by atoms with Gasteiger partial charge in [-0.15, -0.1) is 11.8 Å². The number of aryl methyl sites for hydroxylation is 2. The van der Waals surface area contributed by atoms with Crippen LogP contribution in [-0.2, 0) is 0 Å². The highest BCUT2D eigenvalue weighted by Gasteiger charge is 2.08. The zero-order valence-corrected chi connectivity index (χ0v) is 9.59. The first-order chi connectivity index (χ1) is 7.19. The second-order valence-electron chi connectivity index (χ2n) is 3.69. The van der Waals surface area contributed by atoms with Crippen LogP contribution in [0.1, 0.15) is 36.1 Å². The van der Waals surface area contributed by atoms with E-state index in [0.717, 1.165) is 6.42 Å². The summed E-state index contributed by atoms with van der Waals surface area (Å²) >= 11 is 0. The van der Waals surface area contributed by atoms with Crippen molar-refractivity contribution in [1.82, 2.24) is 5.43 Å². The summed E-state index contributed by atoms with van der Waals surface area (Å²) in [7, 11) is 0. The van der Waals surface area contributed by atoms with Crippen LogP contribution < -0.4 is 11.3 Å². The lowest BCUT2D eigenvalue weighted by molar-refractivity contribution is 0.567. The molecule has 0 aromatic heterocycles. The summed E-state index contributed by atoms with van der Waals surface area (Å²) in [5.41, 5.74) is 6.59. The molecule has 0 aliphatic carbocycles. The van der Waals surface area contributed by atoms with Crippen LogP contribution in [0.3, 0.4) is 0 Å². The Kier molecular flexibility index (Phi) is 4.36. The number of nitrogens with two attached hydrogens (primary N) is 1. The van der Waals surface area contributed by atoms with E-state index in [1.165, 1.54) is 16.7 Å². The highest BCUT2D eigenvalue weighted by atomic mass is 15.2. The van der Waals surface area contributed by atoms with E-state index in [0.29, 0.717) is 0 Å². The molecule has 2 nitrogen and oxygen atoms in total. The van der Waals surface area contributed by atoms with Crippen molar-refractivity contribution in [3.05, 3.63) is 34.9 Å². The molecule has 0 aliphatic rings. The first kappa shape index (κ1) is 11.8. The Morgan fingerprint density at radius 1 is 1.33 bits per heavy atom. The number of hydrazine groups is 1. The van der Waals surface area contributed by atoms with Gasteiger partial charge in [0.15, 0.2) is 0 Å². The van der Waals surface area contributed by atoms with E-state index < -0.39 is 0 Å². The molecule has 0 radical (unpaired) electrons. The molecule has 0 saturated carbocycles. The molecule has 0 aliphatic heterocycles. The van der Waals surface area contributed by atoms with E-state index in [9.17, 15) is 0 Å². The maximum Gasteiger partial charge on any atom is 0.0569 e. The summed E-state index contributed by atoms with van der Waals surface area (Å²) in [6.45, 7) is 6.06. The van der Waals surface area contributed by atoms with Gasteiger partial charge >= 0.3 is 0 Å². The van der Waals surface area contributed by atoms with Crippen molar-refractivity contribution in [3.63, 3.8) is 0 Å². The van der Waals surface area contributed by atoms with Gasteiger partial charge in [0.1, 0.15) is 0 Å². The molecule has 80 valence electrons. The molecule has 0 fully saturated rings. The average Bonchev–Trinajstić information content (AvgIpc) is 2.24. The summed E-state index contributed by atoms with van der Waals surface area (Å²) in [6.07, 6.45) is 0.746. The lowest BCUT2D eigenvalue weighted by Crippen LogP contribution is -2.27. The predicted octanol–water partition coefficient (Wildman–Crippen LogP) is 2.22. The lowest BCUT2D eigenvalue weighted by atomic mass is 9.99. The number of nitrogens with one attached hydrogen (secondary N) is 1. The van der Waals surface area contributed by atoms with Gasteiger partial charge in [0, 0.05) is 6.42 Å². The van der Waals surface area contributed by atoms with Crippen LogP contribution in [0.2, 0.25) is 0 Å². The minimum atomic E-state index is 0.122. The van der Waals surface area contributed by atoms with Crippen LogP contribution in [0.25, 0.3) is 0 Å². The minimum absolute atomic E-state index is 0.122. The molecule has 1 atom stereocenters. The fourth-order valence-corrected chi connectivity index (χ4v) is 1.46. The zero-order valence-electron chi connectivity index (χ0n) is 9.59. The monoisotopic (exact) mass is 202 g/mol. The Bertz CT molecular complexity index is 385. The summed E-state index contributed by atoms with van der Waals surface area (Å²) in [6, 6.07) is 6.51. The lowest BCUT2D eigenvalue weighted by Gasteiger charge is -2.14. The normalized spacial score (nSPS) is 11.7. The topological polar surface area (TPSA) is 38.0 Å². The van der Waals surface area contributed by atoms with Gasteiger partial charge in [0.2, 0.25) is 0 Å². The zero-order chi connectivity index (χ0) is 11.3. The fraction of sp³-hybridized carbons (Fsp3) is 0.385. The van der Waals surface area contributed by atoms with Gasteiger partial charge in [0.05, 0.1) is 6.04 Å². The van der Waals surface area contributed by atoms with Gasteiger partial charge in [-0.25, -0.2) is 0 Å². The molecule has 0 spiro atoms. The van der Waals surface area contributed by atoms with Crippen molar-refractivity contribution in [2.45, 2.75) is 33.2 Å². The van der Waals surface area contributed by atoms with Crippen LogP contribution in [0, 0.1) is 25.7 Å². The first-order valence-corrected chi connectivity index (χ1v) is 5.12. The summed E-state index contributed by atoms with van der Waals surface area (Å²) in [4.78, 5) is 0. The molecule has 0 saturated heterocycles. The van der Waals surface area contributed by atoms with Crippen molar-refractivity contribution in [3.8, 4) is 11.8 Å². The van der Waals surface area contributed by atoms with Gasteiger partial charge in [-0.3, -0.25) is 11.3 Å². The van der Waals surface area contributed by atoms with Crippen molar-refractivity contribution in [1.29, 1.82) is 0 Å². The molecule has 3 N–H and O–H groups in total. The third kappa shape index (κ3) is 3.09. The standard InChI is InChI=1S/C13H18N2/c1-4-5-6-13(15-14)12-8-7-10(2)11(3)9-12/h7-9,13,15H,6,14H2,1-3H3. The largest absolute Gasteiger partial charge is 0.271 e. The van der Waals surface area contributed by atoms with Crippen molar-refractivity contribution in [2.24, 2.45) is 5.84 Å². The molecule has 1 rings (SSSR count). The van der Waals surface area contributed by atoms with E-state index in [1.54, 1.807) is 0 Å². The number of rotatable bonds is 3. The molecule has 0 bridgehead atoms. The van der Waals surface area contributed by atoms with Gasteiger partial charge in [-0.2, -0.15) is 0 Å². The second-order valence-corrected chi connectivity index (χ2v) is 3.69. The molecule has 1 aromatic carbocycles. The SMILES string of the molecule is CC#CCC(NN)c1ccc(C)c(C)c1. The Morgan fingerprint density at radius 3 is 2.60 bits per heavy atom. The van der Waals surface area contributed by atoms with E-state index in [1.807, 2.05) is 6.92 Å². The van der Waals surface area contributed by atoms with Gasteiger partial charge in [0.25, 0.3) is 0 Å². The molecule has 0 heterocycles. The Hall–Kier alpha value is -1.30. The highest BCUT2D eigenvalue weighted by Crippen LogP contribution is 2.18. The molecule has 2 heteroatoms. The average molecular weight is 202 g/mol. The summed E-state index contributed by atoms with van der Waals surface area (Å²) in [5.74, 6) is 11.4. The van der Waals surface area contributed by atoms with Crippen LogP contribution in [0.5, 0.6) is 0 Å². The maximum atomic E-state index is 5.52. The third-order valence-electron chi connectivity index (χ3n) is 2.62. The van der Waals surface area contributed by atoms with Crippen molar-refractivity contribution in [2.75, 3.05) is 0 Å². The third-order valence-corrected chi connectivity index (χ3v) is 2.62. The van der Waals surface area contributed by atoms with Gasteiger partial charge < -0.3 is 0 Å². The minimum Gasteiger partial charge on any atom is -0.271 e. The van der Waals surface area contributed by atoms with Gasteiger partial charge in [-0.1, -0.05) is 18.2 Å². The maximum absolute atomic E-state index is 5.52. The Labute approximate surface area is 91.8 Å². The van der Waals surface area contributed by atoms with Crippen LogP contribution in [-0.4, -0.2) is 0 Å². The molecule has 15 heavy (non-hydrogen) atoms. The predicted molar refractivity (Wildman–Crippen MR) is 64.0 cm³/mol. The fourth-order valence-electron chi connectivity index (χ4n) is 1.46. The van der Waals surface area contributed by atoms with Crippen LogP contribution in [0.4, 0.5) is 0 Å². The summed E-state index contributed by atoms with van der Waals surface area (Å²) in [5, 5.41) is 0. The molecule has 1 unspecified atom stereocenters. The van der Waals surface area contributed by atoms with E-state index in [2.05, 4.69) is 49.3 Å². The van der Waals surface area contributed by atoms with E-state index in [4.69, 9.17) is 5.84 Å². The highest BCUT2D eigenvalue weighted by molar-refractivity contribution is 5.32. The smallest absolute Gasteiger partial charge is 0.0569 e. The molecule has 0 amide bonds.